The number of amides is 1. The minimum atomic E-state index is -4.45. The van der Waals surface area contributed by atoms with Gasteiger partial charge in [0.25, 0.3) is 5.91 Å². The Hall–Kier alpha value is -3.75. The van der Waals surface area contributed by atoms with E-state index in [0.29, 0.717) is 12.0 Å². The number of aliphatic hydroxyl groups excluding tert-OH is 1. The summed E-state index contributed by atoms with van der Waals surface area (Å²) in [6.07, 6.45) is -2.35. The summed E-state index contributed by atoms with van der Waals surface area (Å²) in [6.45, 7) is 7.93. The van der Waals surface area contributed by atoms with Gasteiger partial charge in [-0.3, -0.25) is 9.59 Å². The van der Waals surface area contributed by atoms with Crippen molar-refractivity contribution < 1.29 is 33.0 Å². The Labute approximate surface area is 214 Å². The van der Waals surface area contributed by atoms with Gasteiger partial charge in [0, 0.05) is 23.4 Å². The lowest BCUT2D eigenvalue weighted by molar-refractivity contribution is -0.138. The minimum Gasteiger partial charge on any atom is -0.507 e. The highest BCUT2D eigenvalue weighted by atomic mass is 19.4. The van der Waals surface area contributed by atoms with E-state index in [-0.39, 0.29) is 42.2 Å². The van der Waals surface area contributed by atoms with Crippen molar-refractivity contribution in [3.8, 4) is 0 Å². The normalized spacial score (nSPS) is 12.7. The van der Waals surface area contributed by atoms with Crippen LogP contribution in [0.5, 0.6) is 0 Å². The maximum absolute atomic E-state index is 12.9. The molecule has 1 unspecified atom stereocenters. The summed E-state index contributed by atoms with van der Waals surface area (Å²) < 4.78 is 38.7. The van der Waals surface area contributed by atoms with Crippen molar-refractivity contribution in [1.82, 2.24) is 5.32 Å². The van der Waals surface area contributed by atoms with Crippen molar-refractivity contribution in [1.29, 1.82) is 0 Å². The predicted octanol–water partition coefficient (Wildman–Crippen LogP) is 6.67. The largest absolute Gasteiger partial charge is 0.507 e. The quantitative estimate of drug-likeness (QED) is 0.197. The summed E-state index contributed by atoms with van der Waals surface area (Å²) >= 11 is 0. The van der Waals surface area contributed by atoms with Gasteiger partial charge in [0.1, 0.15) is 5.76 Å². The molecule has 0 bridgehead atoms. The summed E-state index contributed by atoms with van der Waals surface area (Å²) in [5, 5.41) is 25.4. The Kier molecular flexibility index (Phi) is 10.3. The number of benzene rings is 2. The molecule has 200 valence electrons. The van der Waals surface area contributed by atoms with Gasteiger partial charge in [-0.1, -0.05) is 31.6 Å². The number of rotatable bonds is 11. The van der Waals surface area contributed by atoms with Gasteiger partial charge in [0.15, 0.2) is 0 Å². The highest BCUT2D eigenvalue weighted by Gasteiger charge is 2.30. The minimum absolute atomic E-state index is 0.0311. The fourth-order valence-electron chi connectivity index (χ4n) is 3.69. The standard InChI is InChI=1S/C28H33F3N2O4/c1-17(2)15-24(33-22-11-7-20(8-12-22)27(37)32-14-13-26(35)36)23(18(3)4)16-25(34)19-5-9-21(10-6-19)28(29,30)31/h5-12,16-17,24,33-34H,13-15H2,1-4H3,(H,32,37)(H,35,36)/b25-16-. The van der Waals surface area contributed by atoms with Crippen LogP contribution in [0.15, 0.2) is 65.8 Å². The highest BCUT2D eigenvalue weighted by Crippen LogP contribution is 2.30. The van der Waals surface area contributed by atoms with Crippen molar-refractivity contribution in [2.45, 2.75) is 52.8 Å². The molecule has 2 aromatic carbocycles. The monoisotopic (exact) mass is 518 g/mol. The van der Waals surface area contributed by atoms with Crippen LogP contribution in [0, 0.1) is 5.92 Å². The molecule has 0 fully saturated rings. The molecule has 6 nitrogen and oxygen atoms in total. The van der Waals surface area contributed by atoms with Crippen LogP contribution in [0.2, 0.25) is 0 Å². The zero-order chi connectivity index (χ0) is 27.8. The number of carboxylic acid groups (broad SMARTS) is 1. The van der Waals surface area contributed by atoms with Crippen LogP contribution in [0.1, 0.15) is 62.0 Å². The van der Waals surface area contributed by atoms with Gasteiger partial charge in [-0.05, 0) is 74.2 Å². The summed E-state index contributed by atoms with van der Waals surface area (Å²) in [5.41, 5.74) is 2.32. The van der Waals surface area contributed by atoms with Crippen LogP contribution in [-0.4, -0.2) is 34.7 Å². The Morgan fingerprint density at radius 1 is 0.946 bits per heavy atom. The number of halogens is 3. The lowest BCUT2D eigenvalue weighted by Gasteiger charge is -2.25. The third-order valence-electron chi connectivity index (χ3n) is 5.57. The Morgan fingerprint density at radius 3 is 2.00 bits per heavy atom. The Balaban J connectivity index is 2.25. The van der Waals surface area contributed by atoms with Crippen LogP contribution < -0.4 is 10.6 Å². The van der Waals surface area contributed by atoms with Crippen LogP contribution in [0.4, 0.5) is 18.9 Å². The number of allylic oxidation sites excluding steroid dienone is 1. The van der Waals surface area contributed by atoms with Gasteiger partial charge >= 0.3 is 12.1 Å². The van der Waals surface area contributed by atoms with E-state index in [2.05, 4.69) is 24.5 Å². The second-order valence-corrected chi connectivity index (χ2v) is 9.36. The number of anilines is 1. The molecule has 2 aromatic rings. The number of carbonyl (C=O) groups excluding carboxylic acids is 1. The van der Waals surface area contributed by atoms with E-state index in [1.54, 1.807) is 30.3 Å². The number of carboxylic acids is 1. The van der Waals surface area contributed by atoms with Crippen LogP contribution in [0.3, 0.4) is 0 Å². The average Bonchev–Trinajstić information content (AvgIpc) is 2.81. The van der Waals surface area contributed by atoms with Gasteiger partial charge < -0.3 is 20.8 Å². The lowest BCUT2D eigenvalue weighted by atomic mass is 9.92. The zero-order valence-electron chi connectivity index (χ0n) is 21.3. The smallest absolute Gasteiger partial charge is 0.416 e. The van der Waals surface area contributed by atoms with Crippen molar-refractivity contribution in [3.63, 3.8) is 0 Å². The highest BCUT2D eigenvalue weighted by molar-refractivity contribution is 5.94. The Bertz CT molecular complexity index is 1130. The second-order valence-electron chi connectivity index (χ2n) is 9.36. The molecule has 4 N–H and O–H groups in total. The summed E-state index contributed by atoms with van der Waals surface area (Å²) in [6, 6.07) is 10.9. The van der Waals surface area contributed by atoms with E-state index in [1.165, 1.54) is 12.1 Å². The predicted molar refractivity (Wildman–Crippen MR) is 138 cm³/mol. The number of nitrogens with one attached hydrogen (secondary N) is 2. The number of aliphatic hydroxyl groups is 1. The SMILES string of the molecule is CC(C)=C(/C=C(\O)c1ccc(C(F)(F)F)cc1)C(CC(C)C)Nc1ccc(C(=O)NCCC(=O)O)cc1. The first kappa shape index (κ1) is 29.5. The number of hydrogen-bond acceptors (Lipinski definition) is 4. The molecule has 0 radical (unpaired) electrons. The molecule has 0 saturated heterocycles. The maximum Gasteiger partial charge on any atom is 0.416 e. The molecule has 1 atom stereocenters. The van der Waals surface area contributed by atoms with Crippen LogP contribution >= 0.6 is 0 Å². The number of alkyl halides is 3. The number of hydrogen-bond donors (Lipinski definition) is 4. The van der Waals surface area contributed by atoms with E-state index in [9.17, 15) is 27.9 Å². The molecule has 2 rings (SSSR count). The lowest BCUT2D eigenvalue weighted by Crippen LogP contribution is -2.26. The molecule has 0 spiro atoms. The maximum atomic E-state index is 12.9. The fraction of sp³-hybridized carbons (Fsp3) is 0.357. The van der Waals surface area contributed by atoms with Crippen molar-refractivity contribution in [2.75, 3.05) is 11.9 Å². The van der Waals surface area contributed by atoms with Crippen LogP contribution in [-0.2, 0) is 11.0 Å². The van der Waals surface area contributed by atoms with Crippen molar-refractivity contribution in [2.24, 2.45) is 5.92 Å². The first-order chi connectivity index (χ1) is 17.3. The molecule has 0 saturated carbocycles. The third kappa shape index (κ3) is 9.33. The third-order valence-corrected chi connectivity index (χ3v) is 5.57. The second kappa shape index (κ2) is 13.0. The summed E-state index contributed by atoms with van der Waals surface area (Å²) in [7, 11) is 0. The van der Waals surface area contributed by atoms with Gasteiger partial charge in [-0.2, -0.15) is 13.2 Å². The number of carbonyl (C=O) groups is 2. The van der Waals surface area contributed by atoms with Crippen molar-refractivity contribution in [3.05, 3.63) is 82.4 Å². The zero-order valence-corrected chi connectivity index (χ0v) is 21.3. The molecule has 1 amide bonds. The number of aliphatic carboxylic acids is 1. The van der Waals surface area contributed by atoms with Gasteiger partial charge in [0.05, 0.1) is 18.0 Å². The summed E-state index contributed by atoms with van der Waals surface area (Å²) in [5.74, 6) is -1.23. The molecule has 0 aliphatic heterocycles. The molecule has 0 aliphatic carbocycles. The van der Waals surface area contributed by atoms with E-state index in [4.69, 9.17) is 5.11 Å². The van der Waals surface area contributed by atoms with Crippen molar-refractivity contribution >= 4 is 23.3 Å². The molecule has 9 heteroatoms. The van der Waals surface area contributed by atoms with Gasteiger partial charge in [-0.25, -0.2) is 0 Å². The molecule has 0 aromatic heterocycles. The summed E-state index contributed by atoms with van der Waals surface area (Å²) in [4.78, 5) is 22.8. The van der Waals surface area contributed by atoms with E-state index in [1.807, 2.05) is 13.8 Å². The van der Waals surface area contributed by atoms with Gasteiger partial charge in [0.2, 0.25) is 0 Å². The molecular weight excluding hydrogens is 485 g/mol. The fourth-order valence-corrected chi connectivity index (χ4v) is 3.69. The van der Waals surface area contributed by atoms with Gasteiger partial charge in [-0.15, -0.1) is 0 Å². The molecule has 0 heterocycles. The van der Waals surface area contributed by atoms with E-state index in [0.717, 1.165) is 29.0 Å². The first-order valence-corrected chi connectivity index (χ1v) is 11.9. The Morgan fingerprint density at radius 2 is 1.51 bits per heavy atom. The van der Waals surface area contributed by atoms with Crippen LogP contribution in [0.25, 0.3) is 5.76 Å². The van der Waals surface area contributed by atoms with E-state index < -0.39 is 17.7 Å². The molecular formula is C28H33F3N2O4. The van der Waals surface area contributed by atoms with E-state index >= 15 is 0 Å². The first-order valence-electron chi connectivity index (χ1n) is 11.9. The average molecular weight is 519 g/mol. The molecule has 0 aliphatic rings. The molecule has 37 heavy (non-hydrogen) atoms. The topological polar surface area (TPSA) is 98.7 Å².